The Hall–Kier alpha value is -6.11. The molecule has 0 bridgehead atoms. The SMILES string of the molecule is CCC[C@H](NC(=O)[C@@H]1C[C@@H](OCc2cccc3ccccc23)CN1C(=O)[C@@H](NC(=O)[C@@H](NC(=O)[C@@H](CC(=O)O)NC(=O)[C@H](CC(=O)O)NC(C)=O)C1CCCCC1)C(C)C)C(=O)O. The van der Waals surface area contributed by atoms with Crippen LogP contribution in [0.4, 0.5) is 0 Å². The van der Waals surface area contributed by atoms with Crippen molar-refractivity contribution in [1.82, 2.24) is 31.5 Å². The number of likely N-dealkylation sites (tertiary alicyclic amines) is 1. The molecule has 0 aromatic heterocycles. The Kier molecular flexibility index (Phi) is 18.4. The molecule has 8 N–H and O–H groups in total. The summed E-state index contributed by atoms with van der Waals surface area (Å²) in [7, 11) is 0. The van der Waals surface area contributed by atoms with E-state index < -0.39 is 120 Å². The van der Waals surface area contributed by atoms with Gasteiger partial charge in [0.15, 0.2) is 0 Å². The number of fused-ring (bicyclic) bond motifs is 1. The molecule has 19 nitrogen and oxygen atoms in total. The Bertz CT molecular complexity index is 1980. The second-order valence-electron chi connectivity index (χ2n) is 16.6. The van der Waals surface area contributed by atoms with Crippen LogP contribution in [-0.2, 0) is 54.5 Å². The molecule has 2 aliphatic rings. The van der Waals surface area contributed by atoms with Crippen molar-refractivity contribution in [3.05, 3.63) is 48.0 Å². The van der Waals surface area contributed by atoms with Crippen LogP contribution in [0, 0.1) is 11.8 Å². The minimum absolute atomic E-state index is 0.0340. The maximum atomic E-state index is 14.7. The molecule has 0 radical (unpaired) electrons. The van der Waals surface area contributed by atoms with Crippen LogP contribution in [0.3, 0.4) is 0 Å². The third kappa shape index (κ3) is 14.2. The van der Waals surface area contributed by atoms with Crippen molar-refractivity contribution < 1.29 is 63.2 Å². The Morgan fingerprint density at radius 2 is 1.37 bits per heavy atom. The molecule has 4 rings (SSSR count). The number of rotatable bonds is 22. The van der Waals surface area contributed by atoms with Crippen molar-refractivity contribution in [2.45, 2.75) is 141 Å². The predicted molar refractivity (Wildman–Crippen MR) is 226 cm³/mol. The van der Waals surface area contributed by atoms with Gasteiger partial charge in [-0.2, -0.15) is 0 Å². The lowest BCUT2D eigenvalue weighted by atomic mass is 9.83. The number of ether oxygens (including phenoxy) is 1. The van der Waals surface area contributed by atoms with E-state index in [0.717, 1.165) is 29.7 Å². The van der Waals surface area contributed by atoms with Gasteiger partial charge in [-0.15, -0.1) is 0 Å². The zero-order valence-electron chi connectivity index (χ0n) is 36.1. The highest BCUT2D eigenvalue weighted by molar-refractivity contribution is 5.98. The number of carbonyl (C=O) groups excluding carboxylic acids is 6. The lowest BCUT2D eigenvalue weighted by Gasteiger charge is -2.34. The molecule has 1 heterocycles. The largest absolute Gasteiger partial charge is 0.481 e. The molecule has 1 aliphatic carbocycles. The second kappa shape index (κ2) is 23.4. The molecule has 1 saturated carbocycles. The topological polar surface area (TPSA) is 287 Å². The van der Waals surface area contributed by atoms with Gasteiger partial charge in [0.2, 0.25) is 35.4 Å². The van der Waals surface area contributed by atoms with Gasteiger partial charge in [-0.05, 0) is 47.4 Å². The standard InChI is InChI=1S/C44H60N6O13/c1-5-12-31(44(61)62)46-41(58)34-19-29(63-23-28-17-11-16-26-13-9-10-18-30(26)28)22-50(34)43(60)37(24(2)3)48-42(59)38(27-14-7-6-8-15-27)49-40(57)33(21-36(54)55)47-39(56)32(20-35(52)53)45-25(4)51/h9-11,13,16-18,24,27,29,31-34,37-38H,5-8,12,14-15,19-23H2,1-4H3,(H,45,51)(H,46,58)(H,47,56)(H,48,59)(H,49,57)(H,52,53)(H,54,55)(H,61,62)/t29-,31+,32+,33-,34+,37+,38+/m1/s1. The molecule has 6 amide bonds. The molecule has 1 saturated heterocycles. The molecule has 2 aromatic rings. The van der Waals surface area contributed by atoms with Gasteiger partial charge in [-0.3, -0.25) is 38.4 Å². The monoisotopic (exact) mass is 880 g/mol. The maximum Gasteiger partial charge on any atom is 0.326 e. The fraction of sp³-hybridized carbons (Fsp3) is 0.568. The average Bonchev–Trinajstić information content (AvgIpc) is 3.67. The summed E-state index contributed by atoms with van der Waals surface area (Å²) in [6.07, 6.45) is 1.44. The lowest BCUT2D eigenvalue weighted by molar-refractivity contribution is -0.146. The minimum atomic E-state index is -1.79. The van der Waals surface area contributed by atoms with E-state index in [4.69, 9.17) is 4.74 Å². The van der Waals surface area contributed by atoms with Crippen molar-refractivity contribution in [3.63, 3.8) is 0 Å². The molecule has 2 fully saturated rings. The molecule has 7 atom stereocenters. The summed E-state index contributed by atoms with van der Waals surface area (Å²) in [5, 5.41) is 43.0. The van der Waals surface area contributed by atoms with Gasteiger partial charge in [0.05, 0.1) is 25.6 Å². The van der Waals surface area contributed by atoms with Crippen LogP contribution >= 0.6 is 0 Å². The third-order valence-corrected chi connectivity index (χ3v) is 11.4. The first-order valence-corrected chi connectivity index (χ1v) is 21.4. The van der Waals surface area contributed by atoms with Crippen LogP contribution in [-0.4, -0.2) is 122 Å². The number of benzene rings is 2. The normalized spacial score (nSPS) is 18.9. The Morgan fingerprint density at radius 3 is 1.97 bits per heavy atom. The summed E-state index contributed by atoms with van der Waals surface area (Å²) in [4.78, 5) is 118. The van der Waals surface area contributed by atoms with E-state index in [1.54, 1.807) is 20.8 Å². The summed E-state index contributed by atoms with van der Waals surface area (Å²) in [5.41, 5.74) is 0.883. The lowest BCUT2D eigenvalue weighted by Crippen LogP contribution is -2.62. The summed E-state index contributed by atoms with van der Waals surface area (Å²) >= 11 is 0. The smallest absolute Gasteiger partial charge is 0.326 e. The summed E-state index contributed by atoms with van der Waals surface area (Å²) in [6, 6.07) is 5.16. The van der Waals surface area contributed by atoms with Crippen LogP contribution in [0.2, 0.25) is 0 Å². The molecule has 19 heteroatoms. The van der Waals surface area contributed by atoms with Gasteiger partial charge in [0, 0.05) is 19.9 Å². The number of carboxylic acids is 3. The first-order valence-electron chi connectivity index (χ1n) is 21.4. The van der Waals surface area contributed by atoms with Crippen LogP contribution in [0.1, 0.15) is 97.5 Å². The second-order valence-corrected chi connectivity index (χ2v) is 16.6. The van der Waals surface area contributed by atoms with Gasteiger partial charge >= 0.3 is 17.9 Å². The number of hydrogen-bond acceptors (Lipinski definition) is 10. The van der Waals surface area contributed by atoms with Gasteiger partial charge in [-0.1, -0.05) is 88.9 Å². The summed E-state index contributed by atoms with van der Waals surface area (Å²) in [6.45, 7) is 6.27. The van der Waals surface area contributed by atoms with Crippen LogP contribution in [0.25, 0.3) is 10.8 Å². The predicted octanol–water partition coefficient (Wildman–Crippen LogP) is 1.84. The van der Waals surface area contributed by atoms with Crippen molar-refractivity contribution in [1.29, 1.82) is 0 Å². The van der Waals surface area contributed by atoms with Gasteiger partial charge in [0.25, 0.3) is 0 Å². The molecule has 63 heavy (non-hydrogen) atoms. The summed E-state index contributed by atoms with van der Waals surface area (Å²) in [5.74, 6) is -10.3. The van der Waals surface area contributed by atoms with Gasteiger partial charge in [-0.25, -0.2) is 4.79 Å². The van der Waals surface area contributed by atoms with Crippen molar-refractivity contribution in [2.24, 2.45) is 11.8 Å². The van der Waals surface area contributed by atoms with E-state index in [1.807, 2.05) is 42.5 Å². The molecular formula is C44H60N6O13. The molecular weight excluding hydrogens is 821 g/mol. The van der Waals surface area contributed by atoms with Gasteiger partial charge in [0.1, 0.15) is 36.3 Å². The van der Waals surface area contributed by atoms with Gasteiger partial charge < -0.3 is 51.5 Å². The Labute approximate surface area is 365 Å². The minimum Gasteiger partial charge on any atom is -0.481 e. The highest BCUT2D eigenvalue weighted by Gasteiger charge is 2.45. The molecule has 1 aliphatic heterocycles. The zero-order chi connectivity index (χ0) is 46.4. The fourth-order valence-electron chi connectivity index (χ4n) is 8.19. The Morgan fingerprint density at radius 1 is 0.746 bits per heavy atom. The zero-order valence-corrected chi connectivity index (χ0v) is 36.1. The van der Waals surface area contributed by atoms with E-state index in [0.29, 0.717) is 32.1 Å². The van der Waals surface area contributed by atoms with E-state index >= 15 is 0 Å². The van der Waals surface area contributed by atoms with Crippen LogP contribution < -0.4 is 26.6 Å². The fourth-order valence-corrected chi connectivity index (χ4v) is 8.19. The number of carbonyl (C=O) groups is 9. The highest BCUT2D eigenvalue weighted by Crippen LogP contribution is 2.29. The number of hydrogen-bond donors (Lipinski definition) is 8. The number of amides is 6. The van der Waals surface area contributed by atoms with Crippen LogP contribution in [0.5, 0.6) is 0 Å². The number of carboxylic acid groups (broad SMARTS) is 3. The van der Waals surface area contributed by atoms with E-state index in [1.165, 1.54) is 4.90 Å². The van der Waals surface area contributed by atoms with E-state index in [-0.39, 0.29) is 26.0 Å². The highest BCUT2D eigenvalue weighted by atomic mass is 16.5. The van der Waals surface area contributed by atoms with E-state index in [2.05, 4.69) is 26.6 Å². The maximum absolute atomic E-state index is 14.7. The van der Waals surface area contributed by atoms with Crippen molar-refractivity contribution >= 4 is 64.1 Å². The quantitative estimate of drug-likeness (QED) is 0.0839. The molecule has 0 spiro atoms. The number of nitrogens with one attached hydrogen (secondary N) is 5. The van der Waals surface area contributed by atoms with Crippen molar-refractivity contribution in [2.75, 3.05) is 6.54 Å². The Balaban J connectivity index is 1.60. The molecule has 2 aromatic carbocycles. The number of nitrogens with zero attached hydrogens (tertiary/aromatic N) is 1. The molecule has 0 unspecified atom stereocenters. The molecule has 344 valence electrons. The first kappa shape index (κ1) is 49.5. The number of aliphatic carboxylic acids is 3. The average molecular weight is 881 g/mol. The third-order valence-electron chi connectivity index (χ3n) is 11.4. The summed E-state index contributed by atoms with van der Waals surface area (Å²) < 4.78 is 6.32. The van der Waals surface area contributed by atoms with Crippen LogP contribution in [0.15, 0.2) is 42.5 Å². The first-order chi connectivity index (χ1) is 29.9. The van der Waals surface area contributed by atoms with E-state index in [9.17, 15) is 58.5 Å². The van der Waals surface area contributed by atoms with Crippen molar-refractivity contribution in [3.8, 4) is 0 Å².